The van der Waals surface area contributed by atoms with Gasteiger partial charge >= 0.3 is 5.97 Å². The smallest absolute Gasteiger partial charge is 0.312 e. The molecule has 0 aromatic carbocycles. The number of aliphatic hydroxyl groups excluding tert-OH is 1. The van der Waals surface area contributed by atoms with Crippen molar-refractivity contribution in [3.05, 3.63) is 25.3 Å². The first kappa shape index (κ1) is 30.4. The number of fused-ring (bicyclic) bond motifs is 1. The number of allylic oxidation sites excluding steroid dienone is 1. The minimum absolute atomic E-state index is 0.182. The van der Waals surface area contributed by atoms with E-state index < -0.39 is 41.6 Å². The van der Waals surface area contributed by atoms with Crippen molar-refractivity contribution in [3.8, 4) is 0 Å². The topological polar surface area (TPSA) is 96.4 Å². The number of hydrogen-bond donors (Lipinski definition) is 1. The molecule has 8 heteroatoms. The van der Waals surface area contributed by atoms with Crippen LogP contribution in [0.25, 0.3) is 0 Å². The van der Waals surface area contributed by atoms with E-state index in [4.69, 9.17) is 9.47 Å². The van der Waals surface area contributed by atoms with Gasteiger partial charge in [0, 0.05) is 13.1 Å². The highest BCUT2D eigenvalue weighted by Crippen LogP contribution is 2.59. The fourth-order valence-electron chi connectivity index (χ4n) is 6.68. The van der Waals surface area contributed by atoms with Crippen LogP contribution >= 0.6 is 0 Å². The molecule has 2 bridgehead atoms. The fourth-order valence-corrected chi connectivity index (χ4v) is 6.68. The number of likely N-dealkylation sites (tertiary alicyclic amines) is 1. The number of aliphatic hydroxyl groups is 1. The molecule has 38 heavy (non-hydrogen) atoms. The number of carbonyl (C=O) groups excluding carboxylic acids is 3. The number of hydrogen-bond acceptors (Lipinski definition) is 6. The molecule has 3 heterocycles. The van der Waals surface area contributed by atoms with E-state index in [9.17, 15) is 19.5 Å². The number of unbranched alkanes of at least 4 members (excludes halogenated alkanes) is 4. The fraction of sp³-hybridized carbons (Fsp3) is 0.767. The maximum absolute atomic E-state index is 14.3. The number of amides is 2. The lowest BCUT2D eigenvalue weighted by Gasteiger charge is -2.39. The second-order valence-corrected chi connectivity index (χ2v) is 11.5. The standard InChI is InChI=1S/C30H48N2O6/c1-6-9-11-13-18-37-29(36)24-23-14-15-30(38-23)25(24)27(34)32(22(20-33)19-21(4)5)26(30)28(35)31(16-8-3)17-12-10-7-2/h6,8,21-26,33H,1,3,7,9-20H2,2,4-5H3/t22-,23-,24+,25+,26?,30?/m1/s1. The van der Waals surface area contributed by atoms with Crippen LogP contribution in [0.2, 0.25) is 0 Å². The molecular weight excluding hydrogens is 484 g/mol. The number of ether oxygens (including phenoxy) is 2. The summed E-state index contributed by atoms with van der Waals surface area (Å²) in [5, 5.41) is 10.4. The summed E-state index contributed by atoms with van der Waals surface area (Å²) in [6.45, 7) is 14.7. The van der Waals surface area contributed by atoms with Gasteiger partial charge in [-0.1, -0.05) is 45.8 Å². The molecule has 3 rings (SSSR count). The largest absolute Gasteiger partial charge is 0.465 e. The molecule has 3 fully saturated rings. The number of carbonyl (C=O) groups is 3. The van der Waals surface area contributed by atoms with Gasteiger partial charge in [0.25, 0.3) is 0 Å². The third-order valence-corrected chi connectivity index (χ3v) is 8.33. The number of esters is 1. The Bertz CT molecular complexity index is 860. The molecule has 1 spiro atoms. The van der Waals surface area contributed by atoms with Gasteiger partial charge in [-0.2, -0.15) is 0 Å². The summed E-state index contributed by atoms with van der Waals surface area (Å²) < 4.78 is 12.1. The van der Waals surface area contributed by atoms with Crippen LogP contribution in [0.15, 0.2) is 25.3 Å². The van der Waals surface area contributed by atoms with Gasteiger partial charge < -0.3 is 24.4 Å². The molecule has 6 atom stereocenters. The van der Waals surface area contributed by atoms with Gasteiger partial charge in [-0.05, 0) is 50.9 Å². The van der Waals surface area contributed by atoms with E-state index in [-0.39, 0.29) is 30.9 Å². The molecule has 1 N–H and O–H groups in total. The van der Waals surface area contributed by atoms with Crippen molar-refractivity contribution < 1.29 is 29.0 Å². The third kappa shape index (κ3) is 6.01. The number of nitrogens with zero attached hydrogens (tertiary/aromatic N) is 2. The highest BCUT2D eigenvalue weighted by Gasteiger charge is 2.75. The van der Waals surface area contributed by atoms with Crippen LogP contribution in [0, 0.1) is 17.8 Å². The SMILES string of the molecule is C=CCCCCOC(=O)[C@@H]1[C@H]2C(=O)N([C@@H](CO)CC(C)C)C(C(=O)N(CC=C)CCCCC)C23CC[C@H]1O3. The van der Waals surface area contributed by atoms with Gasteiger partial charge in [0.05, 0.1) is 37.2 Å². The second-order valence-electron chi connectivity index (χ2n) is 11.5. The molecule has 2 amide bonds. The molecule has 0 aromatic heterocycles. The molecule has 0 saturated carbocycles. The van der Waals surface area contributed by atoms with Crippen LogP contribution in [0.5, 0.6) is 0 Å². The van der Waals surface area contributed by atoms with E-state index in [0.29, 0.717) is 32.4 Å². The first-order valence-corrected chi connectivity index (χ1v) is 14.5. The molecular formula is C30H48N2O6. The van der Waals surface area contributed by atoms with Crippen LogP contribution < -0.4 is 0 Å². The Morgan fingerprint density at radius 2 is 2.00 bits per heavy atom. The van der Waals surface area contributed by atoms with E-state index in [0.717, 1.165) is 38.5 Å². The van der Waals surface area contributed by atoms with E-state index in [1.165, 1.54) is 0 Å². The summed E-state index contributed by atoms with van der Waals surface area (Å²) in [7, 11) is 0. The highest BCUT2D eigenvalue weighted by molar-refractivity contribution is 5.98. The van der Waals surface area contributed by atoms with Crippen LogP contribution in [0.3, 0.4) is 0 Å². The maximum atomic E-state index is 14.3. The number of rotatable bonds is 17. The van der Waals surface area contributed by atoms with Crippen LogP contribution in [0.1, 0.15) is 78.6 Å². The lowest BCUT2D eigenvalue weighted by atomic mass is 9.70. The normalized spacial score (nSPS) is 28.4. The summed E-state index contributed by atoms with van der Waals surface area (Å²) in [4.78, 5) is 45.1. The zero-order valence-electron chi connectivity index (χ0n) is 23.6. The molecule has 8 nitrogen and oxygen atoms in total. The molecule has 0 aromatic rings. The summed E-state index contributed by atoms with van der Waals surface area (Å²) in [5.74, 6) is -2.18. The van der Waals surface area contributed by atoms with Gasteiger partial charge in [-0.3, -0.25) is 14.4 Å². The Balaban J connectivity index is 1.94. The molecule has 0 aliphatic carbocycles. The summed E-state index contributed by atoms with van der Waals surface area (Å²) in [5.41, 5.74) is -1.08. The molecule has 3 saturated heterocycles. The first-order chi connectivity index (χ1) is 18.3. The lowest BCUT2D eigenvalue weighted by molar-refractivity contribution is -0.157. The van der Waals surface area contributed by atoms with E-state index >= 15 is 0 Å². The predicted octanol–water partition coefficient (Wildman–Crippen LogP) is 3.87. The summed E-state index contributed by atoms with van der Waals surface area (Å²) in [6.07, 6.45) is 10.1. The predicted molar refractivity (Wildman–Crippen MR) is 146 cm³/mol. The van der Waals surface area contributed by atoms with Crippen molar-refractivity contribution >= 4 is 17.8 Å². The van der Waals surface area contributed by atoms with Gasteiger partial charge in [-0.15, -0.1) is 13.2 Å². The minimum Gasteiger partial charge on any atom is -0.465 e. The zero-order valence-corrected chi connectivity index (χ0v) is 23.6. The van der Waals surface area contributed by atoms with Crippen molar-refractivity contribution in [3.63, 3.8) is 0 Å². The van der Waals surface area contributed by atoms with Crippen molar-refractivity contribution in [1.82, 2.24) is 9.80 Å². The average Bonchev–Trinajstić information content (AvgIpc) is 3.53. The molecule has 2 unspecified atom stereocenters. The lowest BCUT2D eigenvalue weighted by Crippen LogP contribution is -2.59. The molecule has 3 aliphatic heterocycles. The van der Waals surface area contributed by atoms with Crippen LogP contribution in [-0.2, 0) is 23.9 Å². The maximum Gasteiger partial charge on any atom is 0.312 e. The quantitative estimate of drug-likeness (QED) is 0.174. The van der Waals surface area contributed by atoms with Gasteiger partial charge in [0.2, 0.25) is 11.8 Å². The van der Waals surface area contributed by atoms with E-state index in [1.807, 2.05) is 19.9 Å². The van der Waals surface area contributed by atoms with Crippen molar-refractivity contribution in [2.45, 2.75) is 102 Å². The van der Waals surface area contributed by atoms with E-state index in [1.54, 1.807) is 15.9 Å². The Hall–Kier alpha value is -2.19. The molecule has 3 aliphatic rings. The van der Waals surface area contributed by atoms with Crippen LogP contribution in [-0.4, -0.2) is 82.8 Å². The van der Waals surface area contributed by atoms with Gasteiger partial charge in [-0.25, -0.2) is 0 Å². The average molecular weight is 533 g/mol. The Labute approximate surface area is 228 Å². The van der Waals surface area contributed by atoms with Crippen LogP contribution in [0.4, 0.5) is 0 Å². The van der Waals surface area contributed by atoms with Crippen molar-refractivity contribution in [2.75, 3.05) is 26.3 Å². The van der Waals surface area contributed by atoms with Crippen molar-refractivity contribution in [1.29, 1.82) is 0 Å². The minimum atomic E-state index is -1.08. The van der Waals surface area contributed by atoms with Gasteiger partial charge in [0.1, 0.15) is 11.6 Å². The highest BCUT2D eigenvalue weighted by atomic mass is 16.6. The van der Waals surface area contributed by atoms with Gasteiger partial charge in [0.15, 0.2) is 0 Å². The van der Waals surface area contributed by atoms with E-state index in [2.05, 4.69) is 20.1 Å². The monoisotopic (exact) mass is 532 g/mol. The third-order valence-electron chi connectivity index (χ3n) is 8.33. The van der Waals surface area contributed by atoms with Crippen molar-refractivity contribution in [2.24, 2.45) is 17.8 Å². The molecule has 214 valence electrons. The Morgan fingerprint density at radius 1 is 1.24 bits per heavy atom. The Morgan fingerprint density at radius 3 is 2.63 bits per heavy atom. The Kier molecular flexibility index (Phi) is 11.0. The summed E-state index contributed by atoms with van der Waals surface area (Å²) in [6, 6.07) is -1.41. The second kappa shape index (κ2) is 13.7. The first-order valence-electron chi connectivity index (χ1n) is 14.5. The molecule has 0 radical (unpaired) electrons. The zero-order chi connectivity index (χ0) is 27.9. The summed E-state index contributed by atoms with van der Waals surface area (Å²) >= 11 is 0.